The summed E-state index contributed by atoms with van der Waals surface area (Å²) < 4.78 is 1.24. The number of halogens is 3. The maximum atomic E-state index is 5.85. The lowest BCUT2D eigenvalue weighted by Crippen LogP contribution is -2.45. The number of alkyl halides is 2. The molecule has 0 radical (unpaired) electrons. The third-order valence-electron chi connectivity index (χ3n) is 2.22. The monoisotopic (exact) mass is 357 g/mol. The lowest BCUT2D eigenvalue weighted by atomic mass is 10.1. The Morgan fingerprint density at radius 2 is 1.73 bits per heavy atom. The van der Waals surface area contributed by atoms with Crippen molar-refractivity contribution >= 4 is 45.8 Å². The van der Waals surface area contributed by atoms with Crippen LogP contribution in [-0.4, -0.2) is 17.3 Å². The first-order valence-electron chi connectivity index (χ1n) is 4.71. The van der Waals surface area contributed by atoms with Crippen molar-refractivity contribution in [1.82, 2.24) is 5.32 Å². The molecular formula is C11H14Cl2IN. The SMILES string of the molecule is CC(CCl)(CCl)NCc1ccc(I)cc1. The molecular weight excluding hydrogens is 344 g/mol. The molecule has 0 aliphatic carbocycles. The Morgan fingerprint density at radius 3 is 2.20 bits per heavy atom. The van der Waals surface area contributed by atoms with Crippen LogP contribution >= 0.6 is 45.8 Å². The summed E-state index contributed by atoms with van der Waals surface area (Å²) in [5, 5.41) is 3.36. The summed E-state index contributed by atoms with van der Waals surface area (Å²) in [5.74, 6) is 1.03. The van der Waals surface area contributed by atoms with Crippen LogP contribution < -0.4 is 5.32 Å². The molecule has 1 N–H and O–H groups in total. The van der Waals surface area contributed by atoms with Crippen molar-refractivity contribution in [2.75, 3.05) is 11.8 Å². The van der Waals surface area contributed by atoms with Crippen LogP contribution in [0.1, 0.15) is 12.5 Å². The molecule has 0 unspecified atom stereocenters. The Morgan fingerprint density at radius 1 is 1.20 bits per heavy atom. The summed E-state index contributed by atoms with van der Waals surface area (Å²) in [6.45, 7) is 2.83. The van der Waals surface area contributed by atoms with Crippen LogP contribution in [0.5, 0.6) is 0 Å². The summed E-state index contributed by atoms with van der Waals surface area (Å²) in [6.07, 6.45) is 0. The van der Waals surface area contributed by atoms with E-state index in [1.807, 2.05) is 6.92 Å². The first-order chi connectivity index (χ1) is 7.09. The van der Waals surface area contributed by atoms with Crippen molar-refractivity contribution in [3.8, 4) is 0 Å². The minimum absolute atomic E-state index is 0.188. The largest absolute Gasteiger partial charge is 0.305 e. The number of benzene rings is 1. The smallest absolute Gasteiger partial charge is 0.0427 e. The average Bonchev–Trinajstić information content (AvgIpc) is 2.28. The van der Waals surface area contributed by atoms with Crippen molar-refractivity contribution in [3.05, 3.63) is 33.4 Å². The normalized spacial score (nSPS) is 11.7. The van der Waals surface area contributed by atoms with E-state index in [9.17, 15) is 0 Å². The van der Waals surface area contributed by atoms with Gasteiger partial charge in [-0.15, -0.1) is 23.2 Å². The summed E-state index contributed by atoms with van der Waals surface area (Å²) >= 11 is 14.0. The molecule has 1 rings (SSSR count). The third-order valence-corrected chi connectivity index (χ3v) is 4.12. The molecule has 1 aromatic rings. The van der Waals surface area contributed by atoms with E-state index in [1.165, 1.54) is 9.13 Å². The molecule has 0 bridgehead atoms. The van der Waals surface area contributed by atoms with Gasteiger partial charge in [-0.1, -0.05) is 12.1 Å². The van der Waals surface area contributed by atoms with Gasteiger partial charge >= 0.3 is 0 Å². The van der Waals surface area contributed by atoms with Gasteiger partial charge in [0.1, 0.15) is 0 Å². The number of hydrogen-bond donors (Lipinski definition) is 1. The quantitative estimate of drug-likeness (QED) is 0.627. The zero-order chi connectivity index (χ0) is 11.3. The molecule has 4 heteroatoms. The van der Waals surface area contributed by atoms with Gasteiger partial charge in [-0.2, -0.15) is 0 Å². The summed E-state index contributed by atoms with van der Waals surface area (Å²) in [7, 11) is 0. The Labute approximate surface area is 115 Å². The van der Waals surface area contributed by atoms with Gasteiger partial charge in [-0.05, 0) is 47.2 Å². The van der Waals surface area contributed by atoms with Crippen LogP contribution in [0.4, 0.5) is 0 Å². The van der Waals surface area contributed by atoms with Crippen LogP contribution in [-0.2, 0) is 6.54 Å². The van der Waals surface area contributed by atoms with Gasteiger partial charge in [0, 0.05) is 27.4 Å². The first kappa shape index (κ1) is 13.6. The molecule has 0 aliphatic heterocycles. The molecule has 0 saturated carbocycles. The lowest BCUT2D eigenvalue weighted by Gasteiger charge is -2.26. The van der Waals surface area contributed by atoms with Crippen molar-refractivity contribution in [2.45, 2.75) is 19.0 Å². The molecule has 0 fully saturated rings. The fraction of sp³-hybridized carbons (Fsp3) is 0.455. The van der Waals surface area contributed by atoms with Crippen molar-refractivity contribution in [2.24, 2.45) is 0 Å². The molecule has 0 heterocycles. The Kier molecular flexibility index (Phi) is 5.68. The molecule has 1 aromatic carbocycles. The van der Waals surface area contributed by atoms with Crippen molar-refractivity contribution in [1.29, 1.82) is 0 Å². The molecule has 0 spiro atoms. The highest BCUT2D eigenvalue weighted by Crippen LogP contribution is 2.12. The Bertz CT molecular complexity index is 296. The van der Waals surface area contributed by atoms with Crippen LogP contribution in [0.2, 0.25) is 0 Å². The molecule has 15 heavy (non-hydrogen) atoms. The van der Waals surface area contributed by atoms with E-state index in [2.05, 4.69) is 52.2 Å². The highest BCUT2D eigenvalue weighted by Gasteiger charge is 2.20. The Hall–Kier alpha value is 0.490. The van der Waals surface area contributed by atoms with E-state index < -0.39 is 0 Å². The van der Waals surface area contributed by atoms with Crippen molar-refractivity contribution < 1.29 is 0 Å². The average molecular weight is 358 g/mol. The van der Waals surface area contributed by atoms with Gasteiger partial charge in [-0.25, -0.2) is 0 Å². The van der Waals surface area contributed by atoms with E-state index in [4.69, 9.17) is 23.2 Å². The summed E-state index contributed by atoms with van der Waals surface area (Å²) in [6, 6.07) is 8.40. The van der Waals surface area contributed by atoms with E-state index in [0.29, 0.717) is 11.8 Å². The van der Waals surface area contributed by atoms with Gasteiger partial charge in [-0.3, -0.25) is 0 Å². The number of nitrogens with one attached hydrogen (secondary N) is 1. The molecule has 84 valence electrons. The first-order valence-corrected chi connectivity index (χ1v) is 6.86. The minimum Gasteiger partial charge on any atom is -0.305 e. The molecule has 0 aromatic heterocycles. The Balaban J connectivity index is 2.53. The predicted octanol–water partition coefficient (Wildman–Crippen LogP) is 3.62. The topological polar surface area (TPSA) is 12.0 Å². The molecule has 1 nitrogen and oxygen atoms in total. The molecule has 0 saturated heterocycles. The predicted molar refractivity (Wildman–Crippen MR) is 75.8 cm³/mol. The lowest BCUT2D eigenvalue weighted by molar-refractivity contribution is 0.435. The van der Waals surface area contributed by atoms with Crippen LogP contribution in [0.25, 0.3) is 0 Å². The third kappa shape index (κ3) is 4.47. The number of rotatable bonds is 5. The second-order valence-electron chi connectivity index (χ2n) is 3.81. The van der Waals surface area contributed by atoms with Crippen LogP contribution in [0, 0.1) is 3.57 Å². The standard InChI is InChI=1S/C11H14Cl2IN/c1-11(7-12,8-13)15-6-9-2-4-10(14)5-3-9/h2-5,15H,6-8H2,1H3. The highest BCUT2D eigenvalue weighted by molar-refractivity contribution is 14.1. The number of hydrogen-bond acceptors (Lipinski definition) is 1. The van der Waals surface area contributed by atoms with Gasteiger partial charge < -0.3 is 5.32 Å². The zero-order valence-electron chi connectivity index (χ0n) is 8.56. The van der Waals surface area contributed by atoms with E-state index in [1.54, 1.807) is 0 Å². The fourth-order valence-electron chi connectivity index (χ4n) is 1.05. The van der Waals surface area contributed by atoms with Crippen LogP contribution in [0.3, 0.4) is 0 Å². The van der Waals surface area contributed by atoms with Crippen molar-refractivity contribution in [3.63, 3.8) is 0 Å². The van der Waals surface area contributed by atoms with Gasteiger partial charge in [0.2, 0.25) is 0 Å². The second kappa shape index (κ2) is 6.28. The maximum absolute atomic E-state index is 5.85. The van der Waals surface area contributed by atoms with Gasteiger partial charge in [0.15, 0.2) is 0 Å². The van der Waals surface area contributed by atoms with E-state index >= 15 is 0 Å². The van der Waals surface area contributed by atoms with E-state index in [0.717, 1.165) is 6.54 Å². The second-order valence-corrected chi connectivity index (χ2v) is 5.59. The van der Waals surface area contributed by atoms with Gasteiger partial charge in [0.05, 0.1) is 0 Å². The van der Waals surface area contributed by atoms with Gasteiger partial charge in [0.25, 0.3) is 0 Å². The molecule has 0 amide bonds. The molecule has 0 atom stereocenters. The molecule has 0 aliphatic rings. The van der Waals surface area contributed by atoms with E-state index in [-0.39, 0.29) is 5.54 Å². The summed E-state index contributed by atoms with van der Waals surface area (Å²) in [5.41, 5.74) is 1.06. The zero-order valence-corrected chi connectivity index (χ0v) is 12.2. The maximum Gasteiger partial charge on any atom is 0.0427 e. The summed E-state index contributed by atoms with van der Waals surface area (Å²) in [4.78, 5) is 0. The fourth-order valence-corrected chi connectivity index (χ4v) is 1.88. The van der Waals surface area contributed by atoms with Crippen LogP contribution in [0.15, 0.2) is 24.3 Å². The highest BCUT2D eigenvalue weighted by atomic mass is 127. The minimum atomic E-state index is -0.188.